The van der Waals surface area contributed by atoms with Gasteiger partial charge in [0.15, 0.2) is 24.1 Å². The molecule has 0 bridgehead atoms. The van der Waals surface area contributed by atoms with Crippen LogP contribution in [0.4, 0.5) is 11.6 Å². The number of nitrogens with two attached hydrogens (primary N) is 1. The Hall–Kier alpha value is -5.41. The van der Waals surface area contributed by atoms with Crippen LogP contribution >= 0.6 is 45.2 Å². The molecule has 0 unspecified atom stereocenters. The third-order valence-corrected chi connectivity index (χ3v) is 13.3. The molecular formula is C46H45I2N11O8. The zero-order chi connectivity index (χ0) is 46.6. The lowest BCUT2D eigenvalue weighted by molar-refractivity contribution is -0.198. The summed E-state index contributed by atoms with van der Waals surface area (Å²) in [5, 5.41) is 24.7. The van der Waals surface area contributed by atoms with E-state index in [1.165, 1.54) is 12.7 Å². The fourth-order valence-electron chi connectivity index (χ4n) is 8.46. The van der Waals surface area contributed by atoms with Gasteiger partial charge in [0, 0.05) is 61.8 Å². The molecule has 19 nitrogen and oxygen atoms in total. The van der Waals surface area contributed by atoms with E-state index in [1.54, 1.807) is 35.6 Å². The number of ether oxygens (including phenoxy) is 6. The summed E-state index contributed by atoms with van der Waals surface area (Å²) in [6, 6.07) is 19.4. The summed E-state index contributed by atoms with van der Waals surface area (Å²) in [6.45, 7) is 4.21. The SMILES string of the molecule is CN(C)C=Nc1ncnc2c1ccn2[C@@H]1O[C@H](COc2cc3ncccc3cc2I)[C@H]2OC(C)(C)O[C@H]21.Nc1ncnc2c1ccn2[C@@H]1O[C@H](COc2cc3ncccc3cc2I)[C@@H](O)[C@H]1O. The minimum atomic E-state index is -1.15. The number of nitrogen functional groups attached to an aromatic ring is 1. The monoisotopic (exact) mass is 1130 g/mol. The molecule has 0 radical (unpaired) electrons. The van der Waals surface area contributed by atoms with Crippen molar-refractivity contribution >= 4 is 107 Å². The fourth-order valence-corrected chi connectivity index (χ4v) is 9.75. The maximum absolute atomic E-state index is 10.6. The number of fused-ring (bicyclic) bond motifs is 5. The number of aliphatic hydroxyl groups excluding tert-OH is 2. The van der Waals surface area contributed by atoms with E-state index in [-0.39, 0.29) is 24.9 Å². The molecule has 11 rings (SSSR count). The van der Waals surface area contributed by atoms with Crippen LogP contribution in [0.25, 0.3) is 43.9 Å². The summed E-state index contributed by atoms with van der Waals surface area (Å²) in [5.41, 5.74) is 8.82. The Kier molecular flexibility index (Phi) is 12.6. The lowest BCUT2D eigenvalue weighted by Crippen LogP contribution is -2.34. The van der Waals surface area contributed by atoms with Crippen LogP contribution in [-0.2, 0) is 18.9 Å². The van der Waals surface area contributed by atoms with Gasteiger partial charge in [-0.05, 0) is 95.4 Å². The highest BCUT2D eigenvalue weighted by molar-refractivity contribution is 14.1. The van der Waals surface area contributed by atoms with Crippen molar-refractivity contribution in [3.8, 4) is 11.5 Å². The predicted octanol–water partition coefficient (Wildman–Crippen LogP) is 6.17. The molecule has 6 aromatic heterocycles. The molecule has 0 spiro atoms. The largest absolute Gasteiger partial charge is 0.490 e. The van der Waals surface area contributed by atoms with Gasteiger partial charge in [-0.25, -0.2) is 24.9 Å². The van der Waals surface area contributed by atoms with E-state index in [9.17, 15) is 10.2 Å². The Morgan fingerprint density at radius 1 is 0.731 bits per heavy atom. The molecule has 0 saturated carbocycles. The molecule has 3 aliphatic rings. The molecule has 346 valence electrons. The van der Waals surface area contributed by atoms with Crippen molar-refractivity contribution in [1.82, 2.24) is 43.9 Å². The fraction of sp³-hybridized carbons (Fsp3) is 0.326. The van der Waals surface area contributed by atoms with E-state index in [4.69, 9.17) is 34.2 Å². The van der Waals surface area contributed by atoms with Gasteiger partial charge < -0.3 is 58.4 Å². The minimum Gasteiger partial charge on any atom is -0.490 e. The van der Waals surface area contributed by atoms with E-state index < -0.39 is 36.6 Å². The van der Waals surface area contributed by atoms with Crippen LogP contribution in [0, 0.1) is 7.14 Å². The minimum absolute atomic E-state index is 0.0688. The van der Waals surface area contributed by atoms with Gasteiger partial charge in [-0.1, -0.05) is 12.1 Å². The zero-order valence-corrected chi connectivity index (χ0v) is 40.8. The Labute approximate surface area is 410 Å². The summed E-state index contributed by atoms with van der Waals surface area (Å²) in [7, 11) is 3.83. The Bertz CT molecular complexity index is 3130. The third-order valence-electron chi connectivity index (χ3n) is 11.6. The van der Waals surface area contributed by atoms with Crippen LogP contribution in [0.15, 0.2) is 103 Å². The number of aromatic nitrogens is 8. The second kappa shape index (κ2) is 18.6. The summed E-state index contributed by atoms with van der Waals surface area (Å²) < 4.78 is 42.8. The van der Waals surface area contributed by atoms with E-state index in [2.05, 4.69) is 86.1 Å². The first-order valence-electron chi connectivity index (χ1n) is 21.3. The standard InChI is InChI=1S/C26H27IN6O4.C20H18IN5O4/c1-26(2)36-21-20(12-34-19-11-18-15(10-17(19)27)6-5-8-28-18)35-25(22(21)37-26)33-9-7-16-23(31-14-32(3)4)29-13-30-24(16)33;21-12-6-10-2-1-4-23-13(10)7-14(12)29-8-15-16(27)17(28)20(30-15)26-5-3-11-18(22)24-9-25-19(11)26/h5-11,13-14,20-22,25H,12H2,1-4H3;1-7,9,15-17,20,27-28H,8H2,(H2,22,24,25)/t20-,21-,22-,25-;15-,16-,17-,20-/m11/s1. The van der Waals surface area contributed by atoms with Crippen LogP contribution in [0.2, 0.25) is 0 Å². The first-order valence-corrected chi connectivity index (χ1v) is 23.4. The Morgan fingerprint density at radius 2 is 1.30 bits per heavy atom. The molecule has 21 heteroatoms. The van der Waals surface area contributed by atoms with Crippen molar-refractivity contribution in [2.24, 2.45) is 4.99 Å². The van der Waals surface area contributed by atoms with Crippen LogP contribution in [0.5, 0.6) is 11.5 Å². The van der Waals surface area contributed by atoms with Crippen molar-refractivity contribution in [3.05, 3.63) is 105 Å². The normalized spacial score (nSPS) is 24.4. The molecule has 0 amide bonds. The number of halogens is 2. The van der Waals surface area contributed by atoms with Crippen LogP contribution in [0.3, 0.4) is 0 Å². The third kappa shape index (κ3) is 9.05. The molecule has 9 heterocycles. The Morgan fingerprint density at radius 3 is 1.96 bits per heavy atom. The number of anilines is 1. The summed E-state index contributed by atoms with van der Waals surface area (Å²) in [5.74, 6) is 1.59. The van der Waals surface area contributed by atoms with Crippen LogP contribution in [-0.4, -0.2) is 130 Å². The number of benzene rings is 2. The molecular weight excluding hydrogens is 1090 g/mol. The van der Waals surface area contributed by atoms with Gasteiger partial charge in [-0.15, -0.1) is 0 Å². The lowest BCUT2D eigenvalue weighted by Gasteiger charge is -2.25. The van der Waals surface area contributed by atoms with E-state index in [1.807, 2.05) is 92.1 Å². The van der Waals surface area contributed by atoms with Crippen molar-refractivity contribution in [1.29, 1.82) is 0 Å². The first kappa shape index (κ1) is 45.4. The highest BCUT2D eigenvalue weighted by atomic mass is 127. The topological polar surface area (TPSA) is 225 Å². The average Bonchev–Trinajstić information content (AvgIpc) is 4.13. The van der Waals surface area contributed by atoms with Gasteiger partial charge in [-0.3, -0.25) is 9.97 Å². The lowest BCUT2D eigenvalue weighted by atomic mass is 10.1. The average molecular weight is 1130 g/mol. The van der Waals surface area contributed by atoms with Gasteiger partial charge in [-0.2, -0.15) is 0 Å². The summed E-state index contributed by atoms with van der Waals surface area (Å²) in [4.78, 5) is 32.2. The van der Waals surface area contributed by atoms with Gasteiger partial charge in [0.05, 0.1) is 35.3 Å². The van der Waals surface area contributed by atoms with E-state index in [0.717, 1.165) is 45.7 Å². The molecule has 2 aromatic carbocycles. The highest BCUT2D eigenvalue weighted by Crippen LogP contribution is 2.45. The van der Waals surface area contributed by atoms with Gasteiger partial charge >= 0.3 is 0 Å². The van der Waals surface area contributed by atoms with Crippen molar-refractivity contribution in [2.75, 3.05) is 33.0 Å². The molecule has 0 aliphatic carbocycles. The second-order valence-corrected chi connectivity index (χ2v) is 19.2. The van der Waals surface area contributed by atoms with Gasteiger partial charge in [0.1, 0.15) is 91.1 Å². The number of hydrogen-bond donors (Lipinski definition) is 3. The number of aliphatic imine (C=N–C) groups is 1. The number of nitrogens with zero attached hydrogens (tertiary/aromatic N) is 10. The van der Waals surface area contributed by atoms with Crippen LogP contribution in [0.1, 0.15) is 26.3 Å². The van der Waals surface area contributed by atoms with Crippen molar-refractivity contribution in [3.63, 3.8) is 0 Å². The second-order valence-electron chi connectivity index (χ2n) is 16.8. The molecule has 3 fully saturated rings. The maximum Gasteiger partial charge on any atom is 0.166 e. The summed E-state index contributed by atoms with van der Waals surface area (Å²) >= 11 is 4.48. The van der Waals surface area contributed by atoms with E-state index >= 15 is 0 Å². The number of aliphatic hydroxyl groups is 2. The van der Waals surface area contributed by atoms with Crippen molar-refractivity contribution < 1.29 is 38.6 Å². The smallest absolute Gasteiger partial charge is 0.166 e. The van der Waals surface area contributed by atoms with E-state index in [0.29, 0.717) is 35.0 Å². The van der Waals surface area contributed by atoms with Crippen molar-refractivity contribution in [2.45, 2.75) is 68.7 Å². The molecule has 3 saturated heterocycles. The summed E-state index contributed by atoms with van der Waals surface area (Å²) in [6.07, 6.45) is 6.47. The molecule has 67 heavy (non-hydrogen) atoms. The molecule has 4 N–H and O–H groups in total. The predicted molar refractivity (Wildman–Crippen MR) is 265 cm³/mol. The number of hydrogen-bond acceptors (Lipinski definition) is 16. The highest BCUT2D eigenvalue weighted by Gasteiger charge is 2.56. The molecule has 3 aliphatic heterocycles. The van der Waals surface area contributed by atoms with Gasteiger partial charge in [0.2, 0.25) is 0 Å². The van der Waals surface area contributed by atoms with Gasteiger partial charge in [0.25, 0.3) is 0 Å². The molecule has 8 aromatic rings. The Balaban J connectivity index is 0.000000160. The quantitative estimate of drug-likeness (QED) is 0.0792. The number of rotatable bonds is 10. The first-order chi connectivity index (χ1) is 32.3. The molecule has 8 atom stereocenters. The maximum atomic E-state index is 10.6. The van der Waals surface area contributed by atoms with Crippen LogP contribution < -0.4 is 15.2 Å². The zero-order valence-electron chi connectivity index (χ0n) is 36.5. The number of pyridine rings is 2.